The van der Waals surface area contributed by atoms with Crippen LogP contribution in [0, 0.1) is 17.8 Å². The molecule has 0 bridgehead atoms. The van der Waals surface area contributed by atoms with Crippen molar-refractivity contribution in [1.29, 1.82) is 0 Å². The smallest absolute Gasteiger partial charge is 0.316 e. The normalized spacial score (nSPS) is 19.9. The summed E-state index contributed by atoms with van der Waals surface area (Å²) in [6.45, 7) is 6.59. The first kappa shape index (κ1) is 26.1. The number of nitrogens with zero attached hydrogens (tertiary/aromatic N) is 2. The van der Waals surface area contributed by atoms with Gasteiger partial charge in [-0.3, -0.25) is 14.2 Å². The van der Waals surface area contributed by atoms with Gasteiger partial charge >= 0.3 is 5.97 Å². The molecule has 1 heterocycles. The van der Waals surface area contributed by atoms with Gasteiger partial charge < -0.3 is 14.2 Å². The SMILES string of the molecule is COc1ccc(OC)c(-n2c(SCC(=O)O[C@@H]3C[C@@H](C)CC[C@@H]3C(C)C)nc3ccccc3c2=O)c1. The quantitative estimate of drug-likeness (QED) is 0.225. The first-order valence-electron chi connectivity index (χ1n) is 12.4. The van der Waals surface area contributed by atoms with Gasteiger partial charge in [0.2, 0.25) is 0 Å². The number of para-hydroxylation sites is 1. The molecule has 4 rings (SSSR count). The molecule has 1 saturated carbocycles. The van der Waals surface area contributed by atoms with Crippen LogP contribution in [0.3, 0.4) is 0 Å². The number of aromatic nitrogens is 2. The molecule has 0 aliphatic heterocycles. The van der Waals surface area contributed by atoms with E-state index in [-0.39, 0.29) is 23.4 Å². The second-order valence-corrected chi connectivity index (χ2v) is 10.7. The molecule has 3 aromatic rings. The molecule has 0 radical (unpaired) electrons. The highest BCUT2D eigenvalue weighted by atomic mass is 32.2. The van der Waals surface area contributed by atoms with Gasteiger partial charge in [0, 0.05) is 6.07 Å². The van der Waals surface area contributed by atoms with Crippen molar-refractivity contribution in [3.8, 4) is 17.2 Å². The minimum Gasteiger partial charge on any atom is -0.497 e. The molecule has 3 atom stereocenters. The van der Waals surface area contributed by atoms with Crippen molar-refractivity contribution in [2.24, 2.45) is 17.8 Å². The van der Waals surface area contributed by atoms with Crippen molar-refractivity contribution in [2.45, 2.75) is 51.3 Å². The van der Waals surface area contributed by atoms with Crippen molar-refractivity contribution in [1.82, 2.24) is 9.55 Å². The predicted octanol–water partition coefficient (Wildman–Crippen LogP) is 5.50. The molecule has 1 aromatic heterocycles. The summed E-state index contributed by atoms with van der Waals surface area (Å²) in [5, 5.41) is 0.866. The number of carbonyl (C=O) groups is 1. The van der Waals surface area contributed by atoms with E-state index in [1.54, 1.807) is 50.6 Å². The first-order chi connectivity index (χ1) is 17.3. The van der Waals surface area contributed by atoms with Gasteiger partial charge in [-0.25, -0.2) is 4.98 Å². The third-order valence-corrected chi connectivity index (χ3v) is 7.85. The van der Waals surface area contributed by atoms with Gasteiger partial charge in [-0.15, -0.1) is 0 Å². The molecule has 0 saturated heterocycles. The minimum atomic E-state index is -0.295. The lowest BCUT2D eigenvalue weighted by Gasteiger charge is -2.36. The van der Waals surface area contributed by atoms with Gasteiger partial charge in [0.05, 0.1) is 36.6 Å². The van der Waals surface area contributed by atoms with Crippen LogP contribution in [0.5, 0.6) is 11.5 Å². The molecule has 2 aromatic carbocycles. The number of thioether (sulfide) groups is 1. The second-order valence-electron chi connectivity index (χ2n) is 9.73. The number of hydrogen-bond donors (Lipinski definition) is 0. The third kappa shape index (κ3) is 5.53. The fourth-order valence-corrected chi connectivity index (χ4v) is 5.76. The van der Waals surface area contributed by atoms with E-state index in [4.69, 9.17) is 19.2 Å². The summed E-state index contributed by atoms with van der Waals surface area (Å²) in [6, 6.07) is 12.4. The lowest BCUT2D eigenvalue weighted by atomic mass is 9.75. The van der Waals surface area contributed by atoms with E-state index in [1.165, 1.54) is 22.7 Å². The van der Waals surface area contributed by atoms with E-state index in [1.807, 2.05) is 6.07 Å². The predicted molar refractivity (Wildman–Crippen MR) is 142 cm³/mol. The summed E-state index contributed by atoms with van der Waals surface area (Å²) in [5.41, 5.74) is 0.818. The third-order valence-electron chi connectivity index (χ3n) is 6.94. The van der Waals surface area contributed by atoms with Gasteiger partial charge in [0.15, 0.2) is 5.16 Å². The average molecular weight is 511 g/mol. The van der Waals surface area contributed by atoms with Crippen molar-refractivity contribution in [3.63, 3.8) is 0 Å². The van der Waals surface area contributed by atoms with Gasteiger partial charge in [-0.2, -0.15) is 0 Å². The summed E-state index contributed by atoms with van der Waals surface area (Å²) in [4.78, 5) is 31.3. The number of benzene rings is 2. The van der Waals surface area contributed by atoms with Gasteiger partial charge in [0.1, 0.15) is 17.6 Å². The van der Waals surface area contributed by atoms with Crippen LogP contribution < -0.4 is 15.0 Å². The molecule has 36 heavy (non-hydrogen) atoms. The standard InChI is InChI=1S/C28H34N2O5S/c1-17(2)20-12-10-18(3)14-25(20)35-26(31)16-36-28-29-22-9-7-6-8-21(22)27(32)30(28)23-15-19(33-4)11-13-24(23)34-5/h6-9,11,13,15,17-18,20,25H,10,12,14,16H2,1-5H3/t18-,20+,25+/m0/s1. The molecule has 0 N–H and O–H groups in total. The topological polar surface area (TPSA) is 79.7 Å². The van der Waals surface area contributed by atoms with E-state index in [0.717, 1.165) is 12.8 Å². The zero-order valence-electron chi connectivity index (χ0n) is 21.5. The zero-order chi connectivity index (χ0) is 25.8. The van der Waals surface area contributed by atoms with Crippen LogP contribution in [-0.2, 0) is 9.53 Å². The first-order valence-corrected chi connectivity index (χ1v) is 13.4. The monoisotopic (exact) mass is 510 g/mol. The highest BCUT2D eigenvalue weighted by Crippen LogP contribution is 2.36. The Kier molecular flexibility index (Phi) is 8.24. The van der Waals surface area contributed by atoms with Crippen LogP contribution in [-0.4, -0.2) is 41.6 Å². The molecule has 1 aliphatic rings. The molecule has 1 fully saturated rings. The Morgan fingerprint density at radius 2 is 1.92 bits per heavy atom. The maximum absolute atomic E-state index is 13.6. The highest BCUT2D eigenvalue weighted by molar-refractivity contribution is 7.99. The Morgan fingerprint density at radius 1 is 1.14 bits per heavy atom. The molecule has 0 unspecified atom stereocenters. The van der Waals surface area contributed by atoms with Crippen molar-refractivity contribution in [3.05, 3.63) is 52.8 Å². The van der Waals surface area contributed by atoms with Crippen molar-refractivity contribution < 1.29 is 19.0 Å². The molecule has 0 amide bonds. The fourth-order valence-electron chi connectivity index (χ4n) is 4.97. The molecule has 0 spiro atoms. The number of rotatable bonds is 8. The highest BCUT2D eigenvalue weighted by Gasteiger charge is 2.33. The number of ether oxygens (including phenoxy) is 3. The van der Waals surface area contributed by atoms with Crippen LogP contribution in [0.25, 0.3) is 16.6 Å². The van der Waals surface area contributed by atoms with Crippen LogP contribution in [0.15, 0.2) is 52.4 Å². The summed E-state index contributed by atoms with van der Waals surface area (Å²) < 4.78 is 18.4. The Balaban J connectivity index is 1.67. The van der Waals surface area contributed by atoms with Crippen molar-refractivity contribution in [2.75, 3.05) is 20.0 Å². The summed E-state index contributed by atoms with van der Waals surface area (Å²) in [6.07, 6.45) is 3.05. The molecule has 7 nitrogen and oxygen atoms in total. The lowest BCUT2D eigenvalue weighted by molar-refractivity contribution is -0.152. The number of esters is 1. The maximum Gasteiger partial charge on any atom is 0.316 e. The van der Waals surface area contributed by atoms with Gasteiger partial charge in [0.25, 0.3) is 5.56 Å². The Morgan fingerprint density at radius 3 is 2.64 bits per heavy atom. The van der Waals surface area contributed by atoms with Crippen molar-refractivity contribution >= 4 is 28.6 Å². The van der Waals surface area contributed by atoms with E-state index in [0.29, 0.717) is 51.0 Å². The van der Waals surface area contributed by atoms with E-state index in [9.17, 15) is 9.59 Å². The molecule has 1 aliphatic carbocycles. The summed E-state index contributed by atoms with van der Waals surface area (Å²) >= 11 is 1.19. The molecular formula is C28H34N2O5S. The van der Waals surface area contributed by atoms with Gasteiger partial charge in [-0.1, -0.05) is 51.1 Å². The van der Waals surface area contributed by atoms with Crippen LogP contribution in [0.1, 0.15) is 40.0 Å². The zero-order valence-corrected chi connectivity index (χ0v) is 22.3. The van der Waals surface area contributed by atoms with E-state index in [2.05, 4.69) is 20.8 Å². The average Bonchev–Trinajstić information content (AvgIpc) is 2.87. The molecular weight excluding hydrogens is 476 g/mol. The Labute approximate surface area is 216 Å². The summed E-state index contributed by atoms with van der Waals surface area (Å²) in [7, 11) is 3.11. The summed E-state index contributed by atoms with van der Waals surface area (Å²) in [5.74, 6) is 2.19. The number of methoxy groups -OCH3 is 2. The fraction of sp³-hybridized carbons (Fsp3) is 0.464. The Bertz CT molecular complexity index is 1290. The van der Waals surface area contributed by atoms with Crippen LogP contribution in [0.4, 0.5) is 0 Å². The number of carbonyl (C=O) groups excluding carboxylic acids is 1. The number of hydrogen-bond acceptors (Lipinski definition) is 7. The lowest BCUT2D eigenvalue weighted by Crippen LogP contribution is -2.36. The Hall–Kier alpha value is -3.00. The van der Waals surface area contributed by atoms with Gasteiger partial charge in [-0.05, 0) is 54.9 Å². The largest absolute Gasteiger partial charge is 0.497 e. The van der Waals surface area contributed by atoms with E-state index < -0.39 is 0 Å². The number of fused-ring (bicyclic) bond motifs is 1. The van der Waals surface area contributed by atoms with Crippen LogP contribution in [0.2, 0.25) is 0 Å². The minimum absolute atomic E-state index is 0.0484. The maximum atomic E-state index is 13.6. The second kappa shape index (κ2) is 11.4. The van der Waals surface area contributed by atoms with E-state index >= 15 is 0 Å². The molecule has 192 valence electrons. The molecule has 8 heteroatoms. The van der Waals surface area contributed by atoms with Crippen LogP contribution >= 0.6 is 11.8 Å².